The largest absolute Gasteiger partial charge is 0.332 e. The predicted octanol–water partition coefficient (Wildman–Crippen LogP) is 2.25. The van der Waals surface area contributed by atoms with Gasteiger partial charge in [-0.05, 0) is 37.0 Å². The minimum atomic E-state index is -0.589. The summed E-state index contributed by atoms with van der Waals surface area (Å²) < 4.78 is 13.1. The molecule has 0 radical (unpaired) electrons. The van der Waals surface area contributed by atoms with E-state index in [0.29, 0.717) is 32.0 Å². The normalized spacial score (nSPS) is 22.6. The number of hydrogen-bond donors (Lipinski definition) is 0. The molecule has 2 aliphatic heterocycles. The Hall–Kier alpha value is -1.66. The molecule has 1 saturated carbocycles. The highest BCUT2D eigenvalue weighted by molar-refractivity contribution is 6.33. The number of likely N-dealkylation sites (tertiary alicyclic amines) is 1. The van der Waals surface area contributed by atoms with Gasteiger partial charge in [-0.2, -0.15) is 0 Å². The minimum absolute atomic E-state index is 0.0104. The fraction of sp³-hybridized carbons (Fsp3) is 0.500. The van der Waals surface area contributed by atoms with E-state index in [2.05, 4.69) is 0 Å². The fourth-order valence-electron chi connectivity index (χ4n) is 3.15. The zero-order valence-electron chi connectivity index (χ0n) is 12.4. The maximum absolute atomic E-state index is 13.1. The SMILES string of the molecule is O=C(c1ccc(F)cc1Cl)N1CC2(CC(=O)N(CC3CC3)O2)C1. The molecule has 0 bridgehead atoms. The van der Waals surface area contributed by atoms with Crippen LogP contribution < -0.4 is 0 Å². The summed E-state index contributed by atoms with van der Waals surface area (Å²) in [6.45, 7) is 1.36. The van der Waals surface area contributed by atoms with Crippen molar-refractivity contribution in [2.24, 2.45) is 5.92 Å². The highest BCUT2D eigenvalue weighted by Crippen LogP contribution is 2.39. The number of benzene rings is 1. The van der Waals surface area contributed by atoms with Crippen LogP contribution in [0.25, 0.3) is 0 Å². The summed E-state index contributed by atoms with van der Waals surface area (Å²) >= 11 is 5.93. The summed E-state index contributed by atoms with van der Waals surface area (Å²) in [7, 11) is 0. The van der Waals surface area contributed by atoms with Gasteiger partial charge in [-0.25, -0.2) is 9.45 Å². The smallest absolute Gasteiger partial charge is 0.255 e. The van der Waals surface area contributed by atoms with Crippen LogP contribution in [0, 0.1) is 11.7 Å². The van der Waals surface area contributed by atoms with Gasteiger partial charge in [0, 0.05) is 0 Å². The molecule has 2 saturated heterocycles. The van der Waals surface area contributed by atoms with Gasteiger partial charge in [-0.15, -0.1) is 0 Å². The van der Waals surface area contributed by atoms with E-state index in [0.717, 1.165) is 18.9 Å². The number of carbonyl (C=O) groups excluding carboxylic acids is 2. The van der Waals surface area contributed by atoms with E-state index in [4.69, 9.17) is 16.4 Å². The van der Waals surface area contributed by atoms with Crippen LogP contribution in [0.15, 0.2) is 18.2 Å². The topological polar surface area (TPSA) is 49.9 Å². The maximum atomic E-state index is 13.1. The van der Waals surface area contributed by atoms with Gasteiger partial charge in [0.1, 0.15) is 11.4 Å². The number of carbonyl (C=O) groups is 2. The molecule has 2 amide bonds. The quantitative estimate of drug-likeness (QED) is 0.849. The van der Waals surface area contributed by atoms with E-state index < -0.39 is 11.4 Å². The first kappa shape index (κ1) is 14.9. The third-order valence-corrected chi connectivity index (χ3v) is 4.90. The molecular weight excluding hydrogens is 323 g/mol. The number of halogens is 2. The molecule has 1 aromatic rings. The number of amides is 2. The first-order valence-electron chi connectivity index (χ1n) is 7.70. The van der Waals surface area contributed by atoms with Gasteiger partial charge in [0.15, 0.2) is 0 Å². The van der Waals surface area contributed by atoms with E-state index in [1.807, 2.05) is 0 Å². The summed E-state index contributed by atoms with van der Waals surface area (Å²) in [4.78, 5) is 31.8. The van der Waals surface area contributed by atoms with Crippen LogP contribution in [0.5, 0.6) is 0 Å². The van der Waals surface area contributed by atoms with Crippen molar-refractivity contribution >= 4 is 23.4 Å². The fourth-order valence-corrected chi connectivity index (χ4v) is 3.40. The molecule has 1 aromatic carbocycles. The van der Waals surface area contributed by atoms with E-state index in [9.17, 15) is 14.0 Å². The first-order valence-corrected chi connectivity index (χ1v) is 8.07. The molecule has 23 heavy (non-hydrogen) atoms. The Morgan fingerprint density at radius 2 is 2.13 bits per heavy atom. The first-order chi connectivity index (χ1) is 11.0. The van der Waals surface area contributed by atoms with Gasteiger partial charge in [-0.1, -0.05) is 11.6 Å². The second-order valence-electron chi connectivity index (χ2n) is 6.63. The molecule has 3 fully saturated rings. The molecule has 0 unspecified atom stereocenters. The standard InChI is InChI=1S/C16H16ClFN2O3/c17-13-5-11(18)3-4-12(13)15(22)19-8-16(9-19)6-14(21)20(23-16)7-10-1-2-10/h3-5,10H,1-2,6-9H2. The van der Waals surface area contributed by atoms with Crippen molar-refractivity contribution in [1.29, 1.82) is 0 Å². The maximum Gasteiger partial charge on any atom is 0.255 e. The van der Waals surface area contributed by atoms with E-state index in [-0.39, 0.29) is 22.4 Å². The summed E-state index contributed by atoms with van der Waals surface area (Å²) in [5.41, 5.74) is -0.323. The molecule has 122 valence electrons. The van der Waals surface area contributed by atoms with Gasteiger partial charge < -0.3 is 4.90 Å². The van der Waals surface area contributed by atoms with Gasteiger partial charge in [-0.3, -0.25) is 14.4 Å². The van der Waals surface area contributed by atoms with E-state index in [1.165, 1.54) is 17.2 Å². The van der Waals surface area contributed by atoms with Crippen LogP contribution in [0.1, 0.15) is 29.6 Å². The second kappa shape index (κ2) is 5.18. The summed E-state index contributed by atoms with van der Waals surface area (Å²) in [6.07, 6.45) is 2.60. The molecule has 0 N–H and O–H groups in total. The molecule has 4 rings (SSSR count). The molecule has 1 aliphatic carbocycles. The van der Waals surface area contributed by atoms with Gasteiger partial charge >= 0.3 is 0 Å². The van der Waals surface area contributed by atoms with Crippen molar-refractivity contribution in [3.63, 3.8) is 0 Å². The van der Waals surface area contributed by atoms with Crippen LogP contribution >= 0.6 is 11.6 Å². The van der Waals surface area contributed by atoms with Gasteiger partial charge in [0.25, 0.3) is 5.91 Å². The highest BCUT2D eigenvalue weighted by Gasteiger charge is 2.55. The molecule has 0 atom stereocenters. The van der Waals surface area contributed by atoms with Crippen molar-refractivity contribution in [3.8, 4) is 0 Å². The van der Waals surface area contributed by atoms with Gasteiger partial charge in [0.2, 0.25) is 5.91 Å². The van der Waals surface area contributed by atoms with E-state index >= 15 is 0 Å². The Morgan fingerprint density at radius 3 is 2.78 bits per heavy atom. The third-order valence-electron chi connectivity index (χ3n) is 4.58. The summed E-state index contributed by atoms with van der Waals surface area (Å²) in [5.74, 6) is -0.196. The lowest BCUT2D eigenvalue weighted by Crippen LogP contribution is -2.63. The number of hydrogen-bond acceptors (Lipinski definition) is 3. The number of nitrogens with zero attached hydrogens (tertiary/aromatic N) is 2. The molecular formula is C16H16ClFN2O3. The van der Waals surface area contributed by atoms with Crippen molar-refractivity contribution in [2.75, 3.05) is 19.6 Å². The van der Waals surface area contributed by atoms with Crippen molar-refractivity contribution in [1.82, 2.24) is 9.96 Å². The Kier molecular flexibility index (Phi) is 3.35. The highest BCUT2D eigenvalue weighted by atomic mass is 35.5. The van der Waals surface area contributed by atoms with Crippen LogP contribution in [0.3, 0.4) is 0 Å². The second-order valence-corrected chi connectivity index (χ2v) is 7.04. The zero-order valence-corrected chi connectivity index (χ0v) is 13.2. The predicted molar refractivity (Wildman–Crippen MR) is 80.2 cm³/mol. The third kappa shape index (κ3) is 2.70. The molecule has 3 aliphatic rings. The van der Waals surface area contributed by atoms with Crippen LogP contribution in [-0.2, 0) is 9.63 Å². The van der Waals surface area contributed by atoms with Crippen molar-refractivity contribution < 1.29 is 18.8 Å². The van der Waals surface area contributed by atoms with Crippen LogP contribution in [0.2, 0.25) is 5.02 Å². The molecule has 2 heterocycles. The lowest BCUT2D eigenvalue weighted by molar-refractivity contribution is -0.230. The molecule has 5 nitrogen and oxygen atoms in total. The lowest BCUT2D eigenvalue weighted by atomic mass is 9.90. The van der Waals surface area contributed by atoms with Crippen LogP contribution in [0.4, 0.5) is 4.39 Å². The average Bonchev–Trinajstić information content (AvgIpc) is 3.20. The Balaban J connectivity index is 1.41. The summed E-state index contributed by atoms with van der Waals surface area (Å²) in [5, 5.41) is 1.55. The monoisotopic (exact) mass is 338 g/mol. The number of rotatable bonds is 3. The van der Waals surface area contributed by atoms with Crippen LogP contribution in [-0.4, -0.2) is 47.0 Å². The lowest BCUT2D eigenvalue weighted by Gasteiger charge is -2.45. The Morgan fingerprint density at radius 1 is 1.39 bits per heavy atom. The van der Waals surface area contributed by atoms with E-state index in [1.54, 1.807) is 4.90 Å². The summed E-state index contributed by atoms with van der Waals surface area (Å²) in [6, 6.07) is 3.71. The molecule has 7 heteroatoms. The minimum Gasteiger partial charge on any atom is -0.332 e. The molecule has 0 aromatic heterocycles. The average molecular weight is 339 g/mol. The zero-order chi connectivity index (χ0) is 16.2. The number of hydroxylamine groups is 2. The van der Waals surface area contributed by atoms with Crippen molar-refractivity contribution in [3.05, 3.63) is 34.6 Å². The molecule has 1 spiro atoms. The van der Waals surface area contributed by atoms with Crippen molar-refractivity contribution in [2.45, 2.75) is 24.9 Å². The van der Waals surface area contributed by atoms with Gasteiger partial charge in [0.05, 0.1) is 36.6 Å². The Labute approximate surface area is 137 Å². The Bertz CT molecular complexity index is 686.